The lowest BCUT2D eigenvalue weighted by atomic mass is 9.74. The zero-order valence-electron chi connectivity index (χ0n) is 13.4. The maximum absolute atomic E-state index is 12.2. The number of hydrogen-bond acceptors (Lipinski definition) is 3. The Hall–Kier alpha value is -2.69. The summed E-state index contributed by atoms with van der Waals surface area (Å²) in [5.41, 5.74) is 0.300. The van der Waals surface area contributed by atoms with Crippen LogP contribution in [0.1, 0.15) is 37.7 Å². The van der Waals surface area contributed by atoms with E-state index in [1.54, 1.807) is 30.3 Å². The van der Waals surface area contributed by atoms with E-state index in [0.717, 1.165) is 19.3 Å². The number of anilines is 1. The molecule has 0 aliphatic heterocycles. The minimum absolute atomic E-state index is 0.0382. The maximum Gasteiger partial charge on any atom is 0.412 e. The molecule has 0 saturated heterocycles. The molecule has 1 aliphatic rings. The van der Waals surface area contributed by atoms with Crippen LogP contribution in [0.25, 0.3) is 0 Å². The fourth-order valence-corrected chi connectivity index (χ4v) is 3.78. The average Bonchev–Trinajstić information content (AvgIpc) is 2.56. The number of para-hydroxylation sites is 1. The summed E-state index contributed by atoms with van der Waals surface area (Å²) in [6.45, 7) is 0. The molecule has 0 spiro atoms. The molecule has 0 bridgehead atoms. The minimum atomic E-state index is -1.05. The van der Waals surface area contributed by atoms with Crippen molar-refractivity contribution in [1.29, 1.82) is 0 Å². The van der Waals surface area contributed by atoms with Crippen molar-refractivity contribution in [3.63, 3.8) is 0 Å². The van der Waals surface area contributed by atoms with Gasteiger partial charge in [0.25, 0.3) is 0 Å². The van der Waals surface area contributed by atoms with Gasteiger partial charge >= 0.3 is 6.09 Å². The van der Waals surface area contributed by atoms with Crippen molar-refractivity contribution in [3.8, 4) is 11.5 Å². The molecule has 0 aromatic heterocycles. The molecular formula is C19H21NO4. The second-order valence-electron chi connectivity index (χ2n) is 6.25. The van der Waals surface area contributed by atoms with Gasteiger partial charge in [-0.15, -0.1) is 0 Å². The Bertz CT molecular complexity index is 723. The zero-order valence-corrected chi connectivity index (χ0v) is 13.4. The van der Waals surface area contributed by atoms with Gasteiger partial charge in [-0.05, 0) is 37.1 Å². The highest BCUT2D eigenvalue weighted by molar-refractivity contribution is 5.88. The molecule has 2 aromatic carbocycles. The van der Waals surface area contributed by atoms with Crippen LogP contribution in [0.3, 0.4) is 0 Å². The Morgan fingerprint density at radius 1 is 0.958 bits per heavy atom. The SMILES string of the molecule is O=C(O)N(c1ccccc1)C1(c2ccc(O)cc2O)CCCCC1. The van der Waals surface area contributed by atoms with Crippen molar-refractivity contribution in [2.24, 2.45) is 0 Å². The molecule has 1 aliphatic carbocycles. The number of phenols is 2. The molecule has 0 atom stereocenters. The highest BCUT2D eigenvalue weighted by Gasteiger charge is 2.44. The molecule has 0 heterocycles. The van der Waals surface area contributed by atoms with E-state index >= 15 is 0 Å². The molecule has 1 fully saturated rings. The number of aromatic hydroxyl groups is 2. The number of carboxylic acid groups (broad SMARTS) is 1. The lowest BCUT2D eigenvalue weighted by Crippen LogP contribution is -2.50. The molecule has 2 aromatic rings. The minimum Gasteiger partial charge on any atom is -0.508 e. The summed E-state index contributed by atoms with van der Waals surface area (Å²) < 4.78 is 0. The van der Waals surface area contributed by atoms with Crippen molar-refractivity contribution in [2.75, 3.05) is 4.90 Å². The van der Waals surface area contributed by atoms with Crippen molar-refractivity contribution in [1.82, 2.24) is 0 Å². The normalized spacial score (nSPS) is 16.5. The van der Waals surface area contributed by atoms with Crippen LogP contribution in [0.2, 0.25) is 0 Å². The number of phenolic OH excluding ortho intramolecular Hbond substituents is 2. The molecule has 5 heteroatoms. The third kappa shape index (κ3) is 2.77. The zero-order chi connectivity index (χ0) is 17.2. The van der Waals surface area contributed by atoms with Gasteiger partial charge in [0, 0.05) is 17.3 Å². The van der Waals surface area contributed by atoms with E-state index in [1.807, 2.05) is 6.07 Å². The predicted molar refractivity (Wildman–Crippen MR) is 91.5 cm³/mol. The summed E-state index contributed by atoms with van der Waals surface area (Å²) in [5.74, 6) is -0.108. The molecule has 1 amide bonds. The van der Waals surface area contributed by atoms with Crippen molar-refractivity contribution < 1.29 is 20.1 Å². The molecular weight excluding hydrogens is 306 g/mol. The lowest BCUT2D eigenvalue weighted by molar-refractivity contribution is 0.181. The first-order chi connectivity index (χ1) is 11.5. The molecule has 5 nitrogen and oxygen atoms in total. The third-order valence-corrected chi connectivity index (χ3v) is 4.80. The van der Waals surface area contributed by atoms with Gasteiger partial charge < -0.3 is 15.3 Å². The van der Waals surface area contributed by atoms with Crippen LogP contribution in [0.15, 0.2) is 48.5 Å². The van der Waals surface area contributed by atoms with Crippen LogP contribution < -0.4 is 4.90 Å². The van der Waals surface area contributed by atoms with Crippen LogP contribution in [-0.4, -0.2) is 21.4 Å². The van der Waals surface area contributed by atoms with E-state index in [-0.39, 0.29) is 11.5 Å². The van der Waals surface area contributed by atoms with Crippen molar-refractivity contribution in [2.45, 2.75) is 37.6 Å². The number of benzene rings is 2. The van der Waals surface area contributed by atoms with Gasteiger partial charge in [0.1, 0.15) is 11.5 Å². The Kier molecular flexibility index (Phi) is 4.34. The van der Waals surface area contributed by atoms with E-state index in [1.165, 1.54) is 17.0 Å². The highest BCUT2D eigenvalue weighted by atomic mass is 16.4. The van der Waals surface area contributed by atoms with Gasteiger partial charge in [-0.1, -0.05) is 37.5 Å². The fourth-order valence-electron chi connectivity index (χ4n) is 3.78. The first kappa shape index (κ1) is 16.2. The highest BCUT2D eigenvalue weighted by Crippen LogP contribution is 2.48. The topological polar surface area (TPSA) is 81.0 Å². The first-order valence-electron chi connectivity index (χ1n) is 8.15. The predicted octanol–water partition coefficient (Wildman–Crippen LogP) is 4.44. The van der Waals surface area contributed by atoms with E-state index in [2.05, 4.69) is 0 Å². The van der Waals surface area contributed by atoms with Gasteiger partial charge in [-0.3, -0.25) is 4.90 Å². The molecule has 126 valence electrons. The van der Waals surface area contributed by atoms with Crippen molar-refractivity contribution >= 4 is 11.8 Å². The van der Waals surface area contributed by atoms with E-state index < -0.39 is 11.6 Å². The van der Waals surface area contributed by atoms with Gasteiger partial charge in [0.2, 0.25) is 0 Å². The molecule has 1 saturated carbocycles. The van der Waals surface area contributed by atoms with Gasteiger partial charge in [0.05, 0.1) is 5.54 Å². The number of hydrogen-bond donors (Lipinski definition) is 3. The number of carbonyl (C=O) groups is 1. The summed E-state index contributed by atoms with van der Waals surface area (Å²) in [6.07, 6.45) is 3.03. The van der Waals surface area contributed by atoms with E-state index in [0.29, 0.717) is 24.1 Å². The summed E-state index contributed by atoms with van der Waals surface area (Å²) in [6, 6.07) is 13.4. The van der Waals surface area contributed by atoms with Crippen LogP contribution in [0.4, 0.5) is 10.5 Å². The van der Waals surface area contributed by atoms with Crippen LogP contribution in [0, 0.1) is 0 Å². The molecule has 3 N–H and O–H groups in total. The number of nitrogens with zero attached hydrogens (tertiary/aromatic N) is 1. The summed E-state index contributed by atoms with van der Waals surface area (Å²) in [4.78, 5) is 13.5. The Labute approximate surface area is 140 Å². The first-order valence-corrected chi connectivity index (χ1v) is 8.15. The molecule has 0 radical (unpaired) electrons. The summed E-state index contributed by atoms with van der Waals surface area (Å²) in [7, 11) is 0. The summed E-state index contributed by atoms with van der Waals surface area (Å²) >= 11 is 0. The number of rotatable bonds is 3. The second-order valence-corrected chi connectivity index (χ2v) is 6.25. The fraction of sp³-hybridized carbons (Fsp3) is 0.316. The quantitative estimate of drug-likeness (QED) is 0.778. The average molecular weight is 327 g/mol. The maximum atomic E-state index is 12.2. The Balaban J connectivity index is 2.18. The Morgan fingerprint density at radius 2 is 1.62 bits per heavy atom. The van der Waals surface area contributed by atoms with Gasteiger partial charge in [-0.25, -0.2) is 4.79 Å². The smallest absolute Gasteiger partial charge is 0.412 e. The van der Waals surface area contributed by atoms with E-state index in [9.17, 15) is 20.1 Å². The van der Waals surface area contributed by atoms with Crippen LogP contribution >= 0.6 is 0 Å². The molecule has 24 heavy (non-hydrogen) atoms. The largest absolute Gasteiger partial charge is 0.508 e. The molecule has 0 unspecified atom stereocenters. The molecule has 3 rings (SSSR count). The van der Waals surface area contributed by atoms with Gasteiger partial charge in [0.15, 0.2) is 0 Å². The Morgan fingerprint density at radius 3 is 2.21 bits per heavy atom. The number of amides is 1. The van der Waals surface area contributed by atoms with Crippen molar-refractivity contribution in [3.05, 3.63) is 54.1 Å². The van der Waals surface area contributed by atoms with Crippen LogP contribution in [-0.2, 0) is 5.54 Å². The third-order valence-electron chi connectivity index (χ3n) is 4.80. The van der Waals surface area contributed by atoms with Gasteiger partial charge in [-0.2, -0.15) is 0 Å². The lowest BCUT2D eigenvalue weighted by Gasteiger charge is -2.45. The van der Waals surface area contributed by atoms with E-state index in [4.69, 9.17) is 0 Å². The standard InChI is InChI=1S/C19H21NO4/c21-15-9-10-16(17(22)13-15)19(11-5-2-6-12-19)20(18(23)24)14-7-3-1-4-8-14/h1,3-4,7-10,13,21-22H,2,5-6,11-12H2,(H,23,24). The summed E-state index contributed by atoms with van der Waals surface area (Å²) in [5, 5.41) is 29.9. The van der Waals surface area contributed by atoms with Crippen LogP contribution in [0.5, 0.6) is 11.5 Å². The monoisotopic (exact) mass is 327 g/mol. The second kappa shape index (κ2) is 6.43.